The van der Waals surface area contributed by atoms with Crippen molar-refractivity contribution in [3.05, 3.63) is 30.3 Å². The number of hydrogen-bond acceptors (Lipinski definition) is 3. The van der Waals surface area contributed by atoms with Crippen LogP contribution in [0.15, 0.2) is 35.2 Å². The Morgan fingerprint density at radius 1 is 1.29 bits per heavy atom. The molecule has 2 rings (SSSR count). The van der Waals surface area contributed by atoms with Crippen molar-refractivity contribution in [3.8, 4) is 0 Å². The van der Waals surface area contributed by atoms with Gasteiger partial charge >= 0.3 is 0 Å². The Labute approximate surface area is 107 Å². The van der Waals surface area contributed by atoms with Crippen LogP contribution in [-0.4, -0.2) is 29.7 Å². The second-order valence-corrected chi connectivity index (χ2v) is 5.70. The Hall–Kier alpha value is -0.510. The van der Waals surface area contributed by atoms with Gasteiger partial charge < -0.3 is 9.84 Å². The zero-order chi connectivity index (χ0) is 11.9. The molecule has 1 aromatic carbocycles. The molecule has 2 atom stereocenters. The number of benzene rings is 1. The fourth-order valence-corrected chi connectivity index (χ4v) is 3.50. The molecular formula is C14H20O2S. The van der Waals surface area contributed by atoms with Crippen LogP contribution in [0.2, 0.25) is 0 Å². The highest BCUT2D eigenvalue weighted by atomic mass is 32.2. The van der Waals surface area contributed by atoms with Crippen molar-refractivity contribution in [1.29, 1.82) is 0 Å². The van der Waals surface area contributed by atoms with Crippen LogP contribution >= 0.6 is 11.8 Å². The minimum Gasteiger partial charge on any atom is -0.396 e. The van der Waals surface area contributed by atoms with Gasteiger partial charge in [-0.15, -0.1) is 11.8 Å². The third-order valence-electron chi connectivity index (χ3n) is 3.06. The maximum Gasteiger partial charge on any atom is 0.0698 e. The Bertz CT molecular complexity index is 315. The maximum atomic E-state index is 8.91. The summed E-state index contributed by atoms with van der Waals surface area (Å²) in [5.41, 5.74) is 0. The van der Waals surface area contributed by atoms with Crippen molar-refractivity contribution in [2.75, 3.05) is 13.2 Å². The van der Waals surface area contributed by atoms with E-state index in [4.69, 9.17) is 9.84 Å². The molecule has 0 radical (unpaired) electrons. The molecule has 0 spiro atoms. The highest BCUT2D eigenvalue weighted by molar-refractivity contribution is 8.00. The summed E-state index contributed by atoms with van der Waals surface area (Å²) in [6, 6.07) is 10.5. The molecule has 0 unspecified atom stereocenters. The number of ether oxygens (including phenoxy) is 1. The first-order valence-corrected chi connectivity index (χ1v) is 7.22. The first-order valence-electron chi connectivity index (χ1n) is 6.34. The summed E-state index contributed by atoms with van der Waals surface area (Å²) in [5, 5.41) is 9.45. The molecule has 1 aliphatic rings. The largest absolute Gasteiger partial charge is 0.396 e. The smallest absolute Gasteiger partial charge is 0.0698 e. The van der Waals surface area contributed by atoms with E-state index >= 15 is 0 Å². The summed E-state index contributed by atoms with van der Waals surface area (Å²) in [7, 11) is 0. The van der Waals surface area contributed by atoms with Crippen LogP contribution in [0.3, 0.4) is 0 Å². The maximum absolute atomic E-state index is 8.91. The summed E-state index contributed by atoms with van der Waals surface area (Å²) >= 11 is 1.92. The van der Waals surface area contributed by atoms with Gasteiger partial charge in [-0.2, -0.15) is 0 Å². The van der Waals surface area contributed by atoms with Crippen LogP contribution in [0, 0.1) is 0 Å². The molecule has 0 saturated carbocycles. The van der Waals surface area contributed by atoms with Crippen molar-refractivity contribution in [3.63, 3.8) is 0 Å². The van der Waals surface area contributed by atoms with E-state index in [-0.39, 0.29) is 6.61 Å². The Morgan fingerprint density at radius 2 is 2.12 bits per heavy atom. The van der Waals surface area contributed by atoms with Crippen LogP contribution < -0.4 is 0 Å². The van der Waals surface area contributed by atoms with Crippen LogP contribution in [0.5, 0.6) is 0 Å². The minimum atomic E-state index is 0.266. The molecule has 0 amide bonds. The van der Waals surface area contributed by atoms with Crippen LogP contribution in [0.25, 0.3) is 0 Å². The molecule has 1 fully saturated rings. The summed E-state index contributed by atoms with van der Waals surface area (Å²) in [4.78, 5) is 1.32. The number of rotatable bonds is 5. The van der Waals surface area contributed by atoms with Gasteiger partial charge in [0, 0.05) is 23.4 Å². The normalized spacial score (nSPS) is 24.8. The Balaban J connectivity index is 1.92. The predicted octanol–water partition coefficient (Wildman–Crippen LogP) is 3.10. The van der Waals surface area contributed by atoms with E-state index in [1.165, 1.54) is 11.3 Å². The summed E-state index contributed by atoms with van der Waals surface area (Å²) < 4.78 is 5.83. The van der Waals surface area contributed by atoms with E-state index in [0.29, 0.717) is 11.4 Å². The molecule has 0 bridgehead atoms. The standard InChI is InChI=1S/C14H20O2S/c15-10-4-8-13-14(9-5-11-16-13)17-12-6-2-1-3-7-12/h1-3,6-7,13-15H,4-5,8-11H2/t13-,14-/m0/s1. The van der Waals surface area contributed by atoms with E-state index < -0.39 is 0 Å². The van der Waals surface area contributed by atoms with Gasteiger partial charge in [0.05, 0.1) is 6.10 Å². The van der Waals surface area contributed by atoms with Crippen LogP contribution in [-0.2, 0) is 4.74 Å². The third kappa shape index (κ3) is 4.02. The topological polar surface area (TPSA) is 29.5 Å². The van der Waals surface area contributed by atoms with E-state index in [2.05, 4.69) is 24.3 Å². The highest BCUT2D eigenvalue weighted by Gasteiger charge is 2.26. The lowest BCUT2D eigenvalue weighted by atomic mass is 10.0. The monoisotopic (exact) mass is 252 g/mol. The first-order chi connectivity index (χ1) is 8.40. The number of aliphatic hydroxyl groups is 1. The fourth-order valence-electron chi connectivity index (χ4n) is 2.18. The van der Waals surface area contributed by atoms with Crippen molar-refractivity contribution < 1.29 is 9.84 Å². The molecule has 1 aliphatic heterocycles. The van der Waals surface area contributed by atoms with Crippen LogP contribution in [0.4, 0.5) is 0 Å². The fraction of sp³-hybridized carbons (Fsp3) is 0.571. The molecule has 2 nitrogen and oxygen atoms in total. The molecule has 1 N–H and O–H groups in total. The third-order valence-corrected chi connectivity index (χ3v) is 4.44. The minimum absolute atomic E-state index is 0.266. The molecule has 0 aromatic heterocycles. The molecule has 0 aliphatic carbocycles. The van der Waals surface area contributed by atoms with Crippen LogP contribution in [0.1, 0.15) is 25.7 Å². The predicted molar refractivity (Wildman–Crippen MR) is 71.4 cm³/mol. The van der Waals surface area contributed by atoms with Gasteiger partial charge in [0.25, 0.3) is 0 Å². The highest BCUT2D eigenvalue weighted by Crippen LogP contribution is 2.33. The molecule has 1 aromatic rings. The van der Waals surface area contributed by atoms with E-state index in [9.17, 15) is 0 Å². The van der Waals surface area contributed by atoms with E-state index in [1.807, 2.05) is 17.8 Å². The second kappa shape index (κ2) is 7.04. The zero-order valence-corrected chi connectivity index (χ0v) is 10.9. The van der Waals surface area contributed by atoms with E-state index in [1.54, 1.807) is 0 Å². The molecule has 17 heavy (non-hydrogen) atoms. The average molecular weight is 252 g/mol. The molecule has 1 saturated heterocycles. The Morgan fingerprint density at radius 3 is 2.88 bits per heavy atom. The summed E-state index contributed by atoms with van der Waals surface area (Å²) in [6.07, 6.45) is 4.49. The first kappa shape index (κ1) is 12.9. The number of aliphatic hydroxyl groups excluding tert-OH is 1. The summed E-state index contributed by atoms with van der Waals surface area (Å²) in [6.45, 7) is 1.14. The lowest BCUT2D eigenvalue weighted by Crippen LogP contribution is -2.32. The van der Waals surface area contributed by atoms with Crippen molar-refractivity contribution in [2.24, 2.45) is 0 Å². The molecular weight excluding hydrogens is 232 g/mol. The van der Waals surface area contributed by atoms with Gasteiger partial charge in [0.15, 0.2) is 0 Å². The summed E-state index contributed by atoms with van der Waals surface area (Å²) in [5.74, 6) is 0. The molecule has 94 valence electrons. The lowest BCUT2D eigenvalue weighted by Gasteiger charge is -2.31. The van der Waals surface area contributed by atoms with Gasteiger partial charge in [-0.25, -0.2) is 0 Å². The van der Waals surface area contributed by atoms with Crippen molar-refractivity contribution in [2.45, 2.75) is 41.9 Å². The zero-order valence-electron chi connectivity index (χ0n) is 10.0. The van der Waals surface area contributed by atoms with Crippen molar-refractivity contribution >= 4 is 11.8 Å². The van der Waals surface area contributed by atoms with E-state index in [0.717, 1.165) is 25.9 Å². The lowest BCUT2D eigenvalue weighted by molar-refractivity contribution is 0.0127. The van der Waals surface area contributed by atoms with Gasteiger partial charge in [0.2, 0.25) is 0 Å². The number of thioether (sulfide) groups is 1. The Kier molecular flexibility index (Phi) is 5.36. The van der Waals surface area contributed by atoms with Crippen molar-refractivity contribution in [1.82, 2.24) is 0 Å². The van der Waals surface area contributed by atoms with Gasteiger partial charge in [-0.3, -0.25) is 0 Å². The van der Waals surface area contributed by atoms with Gasteiger partial charge in [-0.05, 0) is 37.8 Å². The van der Waals surface area contributed by atoms with Gasteiger partial charge in [-0.1, -0.05) is 18.2 Å². The second-order valence-electron chi connectivity index (χ2n) is 4.39. The SMILES string of the molecule is OCCC[C@@H]1OCCC[C@@H]1Sc1ccccc1. The number of hydrogen-bond donors (Lipinski definition) is 1. The molecule has 1 heterocycles. The molecule has 3 heteroatoms. The quantitative estimate of drug-likeness (QED) is 0.873. The average Bonchev–Trinajstić information content (AvgIpc) is 2.39. The van der Waals surface area contributed by atoms with Gasteiger partial charge in [0.1, 0.15) is 0 Å².